The first-order valence-corrected chi connectivity index (χ1v) is 13.0. The number of carbonyl (C=O) groups is 1. The number of aromatic nitrogens is 4. The molecule has 4 heterocycles. The Balaban J connectivity index is 1.12. The molecule has 1 saturated heterocycles. The lowest BCUT2D eigenvalue weighted by Gasteiger charge is -2.35. The summed E-state index contributed by atoms with van der Waals surface area (Å²) in [4.78, 5) is 33.9. The highest BCUT2D eigenvalue weighted by Crippen LogP contribution is 2.32. The average Bonchev–Trinajstić information content (AvgIpc) is 3.66. The second-order valence-electron chi connectivity index (χ2n) is 9.88. The number of piperazine rings is 1. The van der Waals surface area contributed by atoms with Crippen molar-refractivity contribution in [1.82, 2.24) is 29.7 Å². The molecule has 1 aromatic carbocycles. The van der Waals surface area contributed by atoms with Crippen molar-refractivity contribution in [2.75, 3.05) is 26.2 Å². The highest BCUT2D eigenvalue weighted by molar-refractivity contribution is 6.33. The maximum Gasteiger partial charge on any atom is 0.225 e. The second kappa shape index (κ2) is 9.64. The maximum atomic E-state index is 12.3. The molecule has 36 heavy (non-hydrogen) atoms. The van der Waals surface area contributed by atoms with Gasteiger partial charge >= 0.3 is 0 Å². The number of hydrogen-bond donors (Lipinski definition) is 1. The number of aromatic amines is 1. The van der Waals surface area contributed by atoms with Crippen molar-refractivity contribution in [2.24, 2.45) is 5.92 Å². The van der Waals surface area contributed by atoms with Gasteiger partial charge in [0, 0.05) is 68.7 Å². The molecular formula is C28H29ClN6O. The van der Waals surface area contributed by atoms with E-state index in [0.29, 0.717) is 23.3 Å². The van der Waals surface area contributed by atoms with Gasteiger partial charge in [-0.1, -0.05) is 17.7 Å². The fraction of sp³-hybridized carbons (Fsp3) is 0.357. The van der Waals surface area contributed by atoms with Crippen LogP contribution in [-0.2, 0) is 17.8 Å². The molecule has 3 aromatic heterocycles. The van der Waals surface area contributed by atoms with E-state index in [9.17, 15) is 4.79 Å². The topological polar surface area (TPSA) is 78.0 Å². The van der Waals surface area contributed by atoms with Crippen LogP contribution in [-0.4, -0.2) is 61.8 Å². The molecule has 0 radical (unpaired) electrons. The van der Waals surface area contributed by atoms with Crippen LogP contribution in [0.25, 0.3) is 22.2 Å². The predicted octanol–water partition coefficient (Wildman–Crippen LogP) is 4.63. The number of benzene rings is 1. The zero-order valence-electron chi connectivity index (χ0n) is 20.4. The van der Waals surface area contributed by atoms with Crippen LogP contribution in [0.15, 0.2) is 48.8 Å². The first-order valence-electron chi connectivity index (χ1n) is 12.6. The summed E-state index contributed by atoms with van der Waals surface area (Å²) < 4.78 is 0. The number of imidazole rings is 1. The van der Waals surface area contributed by atoms with Gasteiger partial charge in [0.25, 0.3) is 0 Å². The minimum absolute atomic E-state index is 0.307. The van der Waals surface area contributed by atoms with Crippen molar-refractivity contribution in [3.63, 3.8) is 0 Å². The summed E-state index contributed by atoms with van der Waals surface area (Å²) in [6.07, 6.45) is 6.45. The van der Waals surface area contributed by atoms with Crippen molar-refractivity contribution < 1.29 is 4.79 Å². The molecular weight excluding hydrogens is 472 g/mol. The number of H-pyrrole nitrogens is 1. The molecule has 0 unspecified atom stereocenters. The van der Waals surface area contributed by atoms with E-state index in [4.69, 9.17) is 16.6 Å². The molecule has 6 rings (SSSR count). The van der Waals surface area contributed by atoms with Crippen LogP contribution in [0.3, 0.4) is 0 Å². The first-order chi connectivity index (χ1) is 17.5. The minimum Gasteiger partial charge on any atom is -0.342 e. The maximum absolute atomic E-state index is 12.3. The molecule has 7 nitrogen and oxygen atoms in total. The monoisotopic (exact) mass is 500 g/mol. The first kappa shape index (κ1) is 23.1. The SMILES string of the molecule is Cc1nccc(-c2ccc3nc(Cc4cc(CN5CCN(C(=O)C6CC6)CC5)ccn4)[nH]c3c2)c1Cl. The third kappa shape index (κ3) is 4.86. The van der Waals surface area contributed by atoms with Crippen LogP contribution in [0.4, 0.5) is 0 Å². The number of halogens is 1. The van der Waals surface area contributed by atoms with Gasteiger partial charge in [-0.3, -0.25) is 19.7 Å². The van der Waals surface area contributed by atoms with Crippen molar-refractivity contribution in [1.29, 1.82) is 0 Å². The normalized spacial score (nSPS) is 16.6. The Bertz CT molecular complexity index is 1420. The lowest BCUT2D eigenvalue weighted by atomic mass is 10.1. The van der Waals surface area contributed by atoms with Crippen molar-refractivity contribution >= 4 is 28.5 Å². The number of fused-ring (bicyclic) bond motifs is 1. The number of amides is 1. The molecule has 1 aliphatic carbocycles. The molecule has 0 atom stereocenters. The van der Waals surface area contributed by atoms with E-state index >= 15 is 0 Å². The van der Waals surface area contributed by atoms with E-state index in [1.807, 2.05) is 36.2 Å². The Morgan fingerprint density at radius 3 is 2.67 bits per heavy atom. The van der Waals surface area contributed by atoms with Crippen molar-refractivity contribution in [2.45, 2.75) is 32.7 Å². The number of nitrogens with zero attached hydrogens (tertiary/aromatic N) is 5. The third-order valence-corrected chi connectivity index (χ3v) is 7.63. The van der Waals surface area contributed by atoms with Gasteiger partial charge in [0.15, 0.2) is 0 Å². The fourth-order valence-electron chi connectivity index (χ4n) is 4.95. The van der Waals surface area contributed by atoms with Crippen molar-refractivity contribution in [3.8, 4) is 11.1 Å². The van der Waals surface area contributed by atoms with Crippen LogP contribution >= 0.6 is 11.6 Å². The van der Waals surface area contributed by atoms with Gasteiger partial charge in [-0.15, -0.1) is 0 Å². The van der Waals surface area contributed by atoms with E-state index in [0.717, 1.165) is 84.9 Å². The molecule has 1 amide bonds. The molecule has 0 bridgehead atoms. The molecule has 184 valence electrons. The summed E-state index contributed by atoms with van der Waals surface area (Å²) in [6.45, 7) is 6.29. The molecule has 1 aliphatic heterocycles. The lowest BCUT2D eigenvalue weighted by molar-refractivity contribution is -0.134. The second-order valence-corrected chi connectivity index (χ2v) is 10.3. The Labute approximate surface area is 215 Å². The zero-order chi connectivity index (χ0) is 24.6. The van der Waals surface area contributed by atoms with Crippen LogP contribution < -0.4 is 0 Å². The van der Waals surface area contributed by atoms with E-state index < -0.39 is 0 Å². The Hall–Kier alpha value is -3.29. The van der Waals surface area contributed by atoms with Crippen LogP contribution in [0, 0.1) is 12.8 Å². The summed E-state index contributed by atoms with van der Waals surface area (Å²) in [6, 6.07) is 12.3. The van der Waals surface area contributed by atoms with E-state index in [1.165, 1.54) is 5.56 Å². The highest BCUT2D eigenvalue weighted by Gasteiger charge is 2.34. The van der Waals surface area contributed by atoms with Gasteiger partial charge in [0.2, 0.25) is 5.91 Å². The summed E-state index contributed by atoms with van der Waals surface area (Å²) in [7, 11) is 0. The molecule has 4 aromatic rings. The van der Waals surface area contributed by atoms with Gasteiger partial charge < -0.3 is 9.88 Å². The lowest BCUT2D eigenvalue weighted by Crippen LogP contribution is -2.48. The Kier molecular flexibility index (Phi) is 6.19. The molecule has 1 saturated carbocycles. The van der Waals surface area contributed by atoms with Crippen molar-refractivity contribution in [3.05, 3.63) is 76.6 Å². The molecule has 0 spiro atoms. The summed E-state index contributed by atoms with van der Waals surface area (Å²) in [5.74, 6) is 1.55. The quantitative estimate of drug-likeness (QED) is 0.417. The largest absolute Gasteiger partial charge is 0.342 e. The van der Waals surface area contributed by atoms with Gasteiger partial charge in [-0.05, 0) is 61.2 Å². The Morgan fingerprint density at radius 1 is 1.06 bits per heavy atom. The van der Waals surface area contributed by atoms with Crippen LogP contribution in [0.2, 0.25) is 5.02 Å². The van der Waals surface area contributed by atoms with E-state index in [-0.39, 0.29) is 0 Å². The standard InChI is InChI=1S/C28H29ClN6O/c1-18-27(29)23(7-9-30-18)21-4-5-24-25(15-21)33-26(32-24)16-22-14-19(6-8-31-22)17-34-10-12-35(13-11-34)28(36)20-2-3-20/h4-9,14-15,20H,2-3,10-13,16-17H2,1H3,(H,32,33). The van der Waals surface area contributed by atoms with Gasteiger partial charge in [-0.2, -0.15) is 0 Å². The number of pyridine rings is 2. The molecule has 2 aliphatic rings. The number of aryl methyl sites for hydroxylation is 1. The number of hydrogen-bond acceptors (Lipinski definition) is 5. The van der Waals surface area contributed by atoms with E-state index in [2.05, 4.69) is 38.1 Å². The summed E-state index contributed by atoms with van der Waals surface area (Å²) >= 11 is 6.49. The minimum atomic E-state index is 0.307. The van der Waals surface area contributed by atoms with E-state index in [1.54, 1.807) is 6.20 Å². The van der Waals surface area contributed by atoms with Gasteiger partial charge in [0.05, 0.1) is 21.7 Å². The number of rotatable bonds is 6. The summed E-state index contributed by atoms with van der Waals surface area (Å²) in [5.41, 5.74) is 6.94. The highest BCUT2D eigenvalue weighted by atomic mass is 35.5. The van der Waals surface area contributed by atoms with Gasteiger partial charge in [0.1, 0.15) is 5.82 Å². The molecule has 1 N–H and O–H groups in total. The number of nitrogens with one attached hydrogen (secondary N) is 1. The predicted molar refractivity (Wildman–Crippen MR) is 141 cm³/mol. The summed E-state index contributed by atoms with van der Waals surface area (Å²) in [5, 5.41) is 0.675. The van der Waals surface area contributed by atoms with Gasteiger partial charge in [-0.25, -0.2) is 4.98 Å². The van der Waals surface area contributed by atoms with Crippen LogP contribution in [0.1, 0.15) is 35.6 Å². The Morgan fingerprint density at radius 2 is 1.86 bits per heavy atom. The third-order valence-electron chi connectivity index (χ3n) is 7.15. The number of carbonyl (C=O) groups excluding carboxylic acids is 1. The molecule has 8 heteroatoms. The molecule has 2 fully saturated rings. The fourth-order valence-corrected chi connectivity index (χ4v) is 5.17. The zero-order valence-corrected chi connectivity index (χ0v) is 21.1. The smallest absolute Gasteiger partial charge is 0.225 e. The average molecular weight is 501 g/mol. The van der Waals surface area contributed by atoms with Crippen LogP contribution in [0.5, 0.6) is 0 Å².